The Balaban J connectivity index is 4.48. The maximum Gasteiger partial charge on any atom is 0.306 e. The van der Waals surface area contributed by atoms with Crippen LogP contribution in [0.5, 0.6) is 0 Å². The van der Waals surface area contributed by atoms with Crippen LogP contribution in [0.4, 0.5) is 0 Å². The summed E-state index contributed by atoms with van der Waals surface area (Å²) in [5.74, 6) is -0.968. The molecule has 6 heteroatoms. The summed E-state index contributed by atoms with van der Waals surface area (Å²) in [6, 6.07) is 0. The van der Waals surface area contributed by atoms with E-state index in [1.165, 1.54) is 38.5 Å². The molecule has 0 amide bonds. The minimum Gasteiger partial charge on any atom is -0.462 e. The van der Waals surface area contributed by atoms with Gasteiger partial charge in [-0.3, -0.25) is 14.4 Å². The molecule has 0 spiro atoms. The molecule has 0 N–H and O–H groups in total. The molecule has 71 heavy (non-hydrogen) atoms. The largest absolute Gasteiger partial charge is 0.462 e. The van der Waals surface area contributed by atoms with Crippen LogP contribution >= 0.6 is 0 Å². The molecule has 0 aromatic heterocycles. The monoisotopic (exact) mass is 981 g/mol. The van der Waals surface area contributed by atoms with E-state index in [1.54, 1.807) is 0 Å². The average Bonchev–Trinajstić information content (AvgIpc) is 3.37. The molecule has 0 saturated carbocycles. The molecule has 1 atom stereocenters. The van der Waals surface area contributed by atoms with Crippen molar-refractivity contribution in [2.45, 2.75) is 245 Å². The fourth-order valence-corrected chi connectivity index (χ4v) is 7.37. The van der Waals surface area contributed by atoms with Crippen molar-refractivity contribution in [3.8, 4) is 0 Å². The van der Waals surface area contributed by atoms with Gasteiger partial charge in [-0.15, -0.1) is 0 Å². The summed E-state index contributed by atoms with van der Waals surface area (Å²) in [7, 11) is 0. The zero-order chi connectivity index (χ0) is 51.4. The van der Waals surface area contributed by atoms with Crippen molar-refractivity contribution in [3.05, 3.63) is 134 Å². The Morgan fingerprint density at radius 1 is 0.296 bits per heavy atom. The molecule has 0 radical (unpaired) electrons. The lowest BCUT2D eigenvalue weighted by Gasteiger charge is -2.18. The second-order valence-electron chi connectivity index (χ2n) is 18.4. The third-order valence-corrected chi connectivity index (χ3v) is 11.6. The highest BCUT2D eigenvalue weighted by molar-refractivity contribution is 5.71. The summed E-state index contributed by atoms with van der Waals surface area (Å²) in [5, 5.41) is 0. The first-order valence-corrected chi connectivity index (χ1v) is 28.7. The summed E-state index contributed by atoms with van der Waals surface area (Å²) in [5.41, 5.74) is 0. The van der Waals surface area contributed by atoms with Crippen LogP contribution in [0, 0.1) is 0 Å². The minimum absolute atomic E-state index is 0.105. The minimum atomic E-state index is -0.811. The van der Waals surface area contributed by atoms with Gasteiger partial charge in [-0.25, -0.2) is 0 Å². The summed E-state index contributed by atoms with van der Waals surface area (Å²) < 4.78 is 16.8. The van der Waals surface area contributed by atoms with Gasteiger partial charge in [0.2, 0.25) is 0 Å². The molecule has 400 valence electrons. The van der Waals surface area contributed by atoms with Crippen LogP contribution in [0.15, 0.2) is 134 Å². The maximum absolute atomic E-state index is 12.8. The molecule has 6 nitrogen and oxygen atoms in total. The Hall–Kier alpha value is -4.45. The molecule has 0 fully saturated rings. The van der Waals surface area contributed by atoms with Gasteiger partial charge in [0, 0.05) is 19.3 Å². The second kappa shape index (κ2) is 58.1. The third kappa shape index (κ3) is 56.3. The average molecular weight is 982 g/mol. The van der Waals surface area contributed by atoms with E-state index in [0.717, 1.165) is 161 Å². The van der Waals surface area contributed by atoms with Crippen LogP contribution < -0.4 is 0 Å². The topological polar surface area (TPSA) is 78.9 Å². The van der Waals surface area contributed by atoms with Crippen LogP contribution in [0.3, 0.4) is 0 Å². The first kappa shape index (κ1) is 66.6. The molecule has 0 bridgehead atoms. The Kier molecular flexibility index (Phi) is 54.5. The highest BCUT2D eigenvalue weighted by Crippen LogP contribution is 2.13. The zero-order valence-corrected chi connectivity index (χ0v) is 45.7. The Labute approximate surface area is 436 Å². The normalized spacial score (nSPS) is 13.1. The molecule has 0 heterocycles. The summed E-state index contributed by atoms with van der Waals surface area (Å²) in [6.45, 7) is 6.34. The van der Waals surface area contributed by atoms with E-state index in [4.69, 9.17) is 14.2 Å². The van der Waals surface area contributed by atoms with E-state index in [9.17, 15) is 14.4 Å². The summed E-state index contributed by atoms with van der Waals surface area (Å²) in [4.78, 5) is 38.2. The lowest BCUT2D eigenvalue weighted by atomic mass is 10.1. The van der Waals surface area contributed by atoms with Gasteiger partial charge in [-0.1, -0.05) is 219 Å². The van der Waals surface area contributed by atoms with E-state index in [0.29, 0.717) is 12.8 Å². The lowest BCUT2D eigenvalue weighted by molar-refractivity contribution is -0.167. The van der Waals surface area contributed by atoms with Crippen molar-refractivity contribution in [1.29, 1.82) is 0 Å². The molecule has 0 aromatic carbocycles. The van der Waals surface area contributed by atoms with E-state index in [-0.39, 0.29) is 37.5 Å². The molecule has 0 aliphatic carbocycles. The molecule has 0 aliphatic heterocycles. The molecular weight excluding hydrogens is 877 g/mol. The van der Waals surface area contributed by atoms with Crippen molar-refractivity contribution in [2.24, 2.45) is 0 Å². The number of carbonyl (C=O) groups excluding carboxylic acids is 3. The summed E-state index contributed by atoms with van der Waals surface area (Å²) in [6.07, 6.45) is 81.5. The number of allylic oxidation sites excluding steroid dienone is 22. The number of hydrogen-bond donors (Lipinski definition) is 0. The fourth-order valence-electron chi connectivity index (χ4n) is 7.37. The van der Waals surface area contributed by atoms with Crippen molar-refractivity contribution in [1.82, 2.24) is 0 Å². The second-order valence-corrected chi connectivity index (χ2v) is 18.4. The number of hydrogen-bond acceptors (Lipinski definition) is 6. The van der Waals surface area contributed by atoms with E-state index >= 15 is 0 Å². The molecular formula is C65H104O6. The standard InChI is InChI=1S/C65H104O6/c1-4-7-10-13-16-19-22-25-27-29-30-31-32-33-34-36-37-40-43-46-49-52-55-58-64(67)70-61-62(60-69-63(66)57-54-51-48-45-42-39-24-21-18-15-12-9-6-3)71-65(68)59-56-53-50-47-44-41-38-35-28-26-23-20-17-14-11-8-5-2/h7-8,10-11,16-17,19-21,24-28,30-31,33-34,37-38,40-41,62H,4-6,9,12-15,18,22-23,29,32,35-36,39,42-61H2,1-3H3/b10-7-,11-8-,19-16-,20-17-,24-21-,27-25-,28-26-,31-30-,34-33-,40-37-,41-38-. The molecule has 0 rings (SSSR count). The van der Waals surface area contributed by atoms with Gasteiger partial charge in [-0.2, -0.15) is 0 Å². The third-order valence-electron chi connectivity index (χ3n) is 11.6. The number of esters is 3. The van der Waals surface area contributed by atoms with Crippen LogP contribution in [0.25, 0.3) is 0 Å². The molecule has 0 aromatic rings. The quantitative estimate of drug-likeness (QED) is 0.0262. The number of carbonyl (C=O) groups is 3. The first-order valence-electron chi connectivity index (χ1n) is 28.7. The van der Waals surface area contributed by atoms with Gasteiger partial charge in [0.25, 0.3) is 0 Å². The van der Waals surface area contributed by atoms with Gasteiger partial charge in [-0.05, 0) is 135 Å². The van der Waals surface area contributed by atoms with Crippen LogP contribution in [-0.2, 0) is 28.6 Å². The van der Waals surface area contributed by atoms with Crippen LogP contribution in [0.2, 0.25) is 0 Å². The number of unbranched alkanes of at least 4 members (excludes halogenated alkanes) is 17. The highest BCUT2D eigenvalue weighted by Gasteiger charge is 2.19. The first-order chi connectivity index (χ1) is 35.0. The molecule has 0 saturated heterocycles. The predicted octanol–water partition coefficient (Wildman–Crippen LogP) is 19.4. The van der Waals surface area contributed by atoms with Gasteiger partial charge in [0.05, 0.1) is 0 Å². The smallest absolute Gasteiger partial charge is 0.306 e. The predicted molar refractivity (Wildman–Crippen MR) is 306 cm³/mol. The highest BCUT2D eigenvalue weighted by atomic mass is 16.6. The van der Waals surface area contributed by atoms with Crippen molar-refractivity contribution in [3.63, 3.8) is 0 Å². The zero-order valence-electron chi connectivity index (χ0n) is 45.7. The van der Waals surface area contributed by atoms with Gasteiger partial charge in [0.15, 0.2) is 6.10 Å². The Bertz CT molecular complexity index is 1550. The van der Waals surface area contributed by atoms with Crippen molar-refractivity contribution in [2.75, 3.05) is 13.2 Å². The van der Waals surface area contributed by atoms with Crippen molar-refractivity contribution >= 4 is 17.9 Å². The van der Waals surface area contributed by atoms with Gasteiger partial charge >= 0.3 is 17.9 Å². The van der Waals surface area contributed by atoms with Gasteiger partial charge < -0.3 is 14.2 Å². The fraction of sp³-hybridized carbons (Fsp3) is 0.615. The number of ether oxygens (including phenoxy) is 3. The van der Waals surface area contributed by atoms with Gasteiger partial charge in [0.1, 0.15) is 13.2 Å². The van der Waals surface area contributed by atoms with Crippen LogP contribution in [-0.4, -0.2) is 37.2 Å². The SMILES string of the molecule is CC/C=C\C/C=C\C/C=C\C/C=C\C/C=C\C/C=C\CCCCCCC(=O)OCC(COC(=O)CCCCCCC/C=C\CCCCCC)OC(=O)CCCCCC/C=C\C/C=C\C/C=C\C/C=C\CC. The molecule has 1 unspecified atom stereocenters. The summed E-state index contributed by atoms with van der Waals surface area (Å²) >= 11 is 0. The molecule has 0 aliphatic rings. The Morgan fingerprint density at radius 2 is 0.549 bits per heavy atom. The number of rotatable bonds is 50. The maximum atomic E-state index is 12.8. The Morgan fingerprint density at radius 3 is 0.873 bits per heavy atom. The van der Waals surface area contributed by atoms with E-state index < -0.39 is 6.10 Å². The lowest BCUT2D eigenvalue weighted by Crippen LogP contribution is -2.30. The van der Waals surface area contributed by atoms with Crippen LogP contribution in [0.1, 0.15) is 239 Å². The van der Waals surface area contributed by atoms with Crippen molar-refractivity contribution < 1.29 is 28.6 Å². The van der Waals surface area contributed by atoms with E-state index in [2.05, 4.69) is 154 Å². The van der Waals surface area contributed by atoms with E-state index in [1.807, 2.05) is 0 Å².